The summed E-state index contributed by atoms with van der Waals surface area (Å²) in [5.41, 5.74) is 4.15. The van der Waals surface area contributed by atoms with Crippen molar-refractivity contribution in [3.05, 3.63) is 84.3 Å². The molecule has 0 fully saturated rings. The largest absolute Gasteiger partial charge is 0.366 e. The smallest absolute Gasteiger partial charge is 0.270 e. The Balaban J connectivity index is 1.52. The Morgan fingerprint density at radius 2 is 2.00 bits per heavy atom. The molecule has 4 heterocycles. The molecule has 0 unspecified atom stereocenters. The summed E-state index contributed by atoms with van der Waals surface area (Å²) in [6.07, 6.45) is 9.51. The lowest BCUT2D eigenvalue weighted by Crippen LogP contribution is -2.34. The van der Waals surface area contributed by atoms with Crippen LogP contribution in [0, 0.1) is 0 Å². The SMILES string of the molecule is O=C1NCCc2c(NCc3ccccc3-n3ccnc3)nc(-c3cccnc3)nc21. The van der Waals surface area contributed by atoms with Crippen LogP contribution in [-0.4, -0.2) is 37.0 Å². The fourth-order valence-corrected chi connectivity index (χ4v) is 3.56. The molecule has 0 atom stereocenters. The molecule has 1 amide bonds. The molecule has 0 saturated heterocycles. The Hall–Kier alpha value is -4.07. The zero-order chi connectivity index (χ0) is 20.3. The second-order valence-corrected chi connectivity index (χ2v) is 6.92. The van der Waals surface area contributed by atoms with E-state index in [1.54, 1.807) is 24.9 Å². The zero-order valence-corrected chi connectivity index (χ0v) is 16.1. The van der Waals surface area contributed by atoms with Gasteiger partial charge in [-0.15, -0.1) is 0 Å². The number of nitrogens with one attached hydrogen (secondary N) is 2. The van der Waals surface area contributed by atoms with Crippen molar-refractivity contribution in [2.75, 3.05) is 11.9 Å². The van der Waals surface area contributed by atoms with Crippen molar-refractivity contribution >= 4 is 11.7 Å². The van der Waals surface area contributed by atoms with Crippen LogP contribution in [0.4, 0.5) is 5.82 Å². The highest BCUT2D eigenvalue weighted by atomic mass is 16.1. The number of imidazole rings is 1. The summed E-state index contributed by atoms with van der Waals surface area (Å²) in [6, 6.07) is 11.8. The topological polar surface area (TPSA) is 97.6 Å². The normalized spacial score (nSPS) is 12.9. The van der Waals surface area contributed by atoms with E-state index in [4.69, 9.17) is 4.98 Å². The molecule has 30 heavy (non-hydrogen) atoms. The number of benzene rings is 1. The first kappa shape index (κ1) is 18.0. The second-order valence-electron chi connectivity index (χ2n) is 6.92. The van der Waals surface area contributed by atoms with Crippen molar-refractivity contribution in [1.82, 2.24) is 29.8 Å². The molecule has 4 aromatic rings. The van der Waals surface area contributed by atoms with E-state index in [-0.39, 0.29) is 5.91 Å². The molecule has 148 valence electrons. The van der Waals surface area contributed by atoms with Crippen LogP contribution in [0.25, 0.3) is 17.1 Å². The summed E-state index contributed by atoms with van der Waals surface area (Å²) in [6.45, 7) is 1.12. The van der Waals surface area contributed by atoms with Gasteiger partial charge in [-0.1, -0.05) is 18.2 Å². The molecule has 0 bridgehead atoms. The molecule has 0 radical (unpaired) electrons. The first-order chi connectivity index (χ1) is 14.8. The highest BCUT2D eigenvalue weighted by Crippen LogP contribution is 2.25. The van der Waals surface area contributed by atoms with Gasteiger partial charge in [-0.05, 0) is 30.2 Å². The van der Waals surface area contributed by atoms with Crippen LogP contribution < -0.4 is 10.6 Å². The molecule has 2 N–H and O–H groups in total. The number of hydrogen-bond donors (Lipinski definition) is 2. The lowest BCUT2D eigenvalue weighted by atomic mass is 10.1. The number of aromatic nitrogens is 5. The number of anilines is 1. The minimum atomic E-state index is -0.175. The van der Waals surface area contributed by atoms with Gasteiger partial charge < -0.3 is 15.2 Å². The van der Waals surface area contributed by atoms with Gasteiger partial charge in [-0.2, -0.15) is 0 Å². The number of amides is 1. The number of carbonyl (C=O) groups excluding carboxylic acids is 1. The van der Waals surface area contributed by atoms with Crippen molar-refractivity contribution < 1.29 is 4.79 Å². The fraction of sp³-hybridized carbons (Fsp3) is 0.136. The van der Waals surface area contributed by atoms with Crippen LogP contribution in [0.3, 0.4) is 0 Å². The van der Waals surface area contributed by atoms with Crippen LogP contribution in [0.5, 0.6) is 0 Å². The van der Waals surface area contributed by atoms with Gasteiger partial charge in [-0.3, -0.25) is 9.78 Å². The Morgan fingerprint density at radius 3 is 2.83 bits per heavy atom. The Bertz CT molecular complexity index is 1190. The van der Waals surface area contributed by atoms with Crippen LogP contribution in [-0.2, 0) is 13.0 Å². The zero-order valence-electron chi connectivity index (χ0n) is 16.1. The molecular formula is C22H19N7O. The van der Waals surface area contributed by atoms with E-state index in [2.05, 4.69) is 31.7 Å². The molecule has 8 nitrogen and oxygen atoms in total. The number of pyridine rings is 1. The predicted molar refractivity (Wildman–Crippen MR) is 112 cm³/mol. The molecule has 0 aliphatic carbocycles. The van der Waals surface area contributed by atoms with Gasteiger partial charge >= 0.3 is 0 Å². The van der Waals surface area contributed by atoms with E-state index >= 15 is 0 Å². The van der Waals surface area contributed by atoms with Gasteiger partial charge in [0.25, 0.3) is 5.91 Å². The number of hydrogen-bond acceptors (Lipinski definition) is 6. The minimum absolute atomic E-state index is 0.175. The van der Waals surface area contributed by atoms with Crippen LogP contribution in [0.2, 0.25) is 0 Å². The summed E-state index contributed by atoms with van der Waals surface area (Å²) in [5.74, 6) is 0.976. The number of para-hydroxylation sites is 1. The first-order valence-electron chi connectivity index (χ1n) is 9.69. The average Bonchev–Trinajstić information content (AvgIpc) is 3.33. The molecule has 0 saturated carbocycles. The lowest BCUT2D eigenvalue weighted by Gasteiger charge is -2.20. The summed E-state index contributed by atoms with van der Waals surface area (Å²) in [5, 5.41) is 6.30. The van der Waals surface area contributed by atoms with Crippen molar-refractivity contribution in [1.29, 1.82) is 0 Å². The van der Waals surface area contributed by atoms with Gasteiger partial charge in [0.05, 0.1) is 12.0 Å². The highest BCUT2D eigenvalue weighted by molar-refractivity contribution is 5.96. The van der Waals surface area contributed by atoms with E-state index in [0.717, 1.165) is 22.4 Å². The van der Waals surface area contributed by atoms with Gasteiger partial charge in [0.15, 0.2) is 5.82 Å². The number of rotatable bonds is 5. The van der Waals surface area contributed by atoms with Crippen molar-refractivity contribution in [2.45, 2.75) is 13.0 Å². The Kier molecular flexibility index (Phi) is 4.65. The van der Waals surface area contributed by atoms with E-state index in [1.807, 2.05) is 41.1 Å². The lowest BCUT2D eigenvalue weighted by molar-refractivity contribution is 0.0940. The molecule has 1 aliphatic rings. The van der Waals surface area contributed by atoms with Gasteiger partial charge in [0.1, 0.15) is 11.5 Å². The van der Waals surface area contributed by atoms with E-state index < -0.39 is 0 Å². The number of fused-ring (bicyclic) bond motifs is 1. The summed E-state index contributed by atoms with van der Waals surface area (Å²) in [7, 11) is 0. The maximum absolute atomic E-state index is 12.4. The van der Waals surface area contributed by atoms with Gasteiger partial charge in [-0.25, -0.2) is 15.0 Å². The van der Waals surface area contributed by atoms with Crippen LogP contribution in [0.15, 0.2) is 67.5 Å². The first-order valence-corrected chi connectivity index (χ1v) is 9.69. The maximum Gasteiger partial charge on any atom is 0.270 e. The molecular weight excluding hydrogens is 378 g/mol. The van der Waals surface area contributed by atoms with Crippen LogP contribution in [0.1, 0.15) is 21.6 Å². The van der Waals surface area contributed by atoms with Crippen molar-refractivity contribution in [3.8, 4) is 17.1 Å². The molecule has 1 aliphatic heterocycles. The van der Waals surface area contributed by atoms with Crippen molar-refractivity contribution in [2.24, 2.45) is 0 Å². The van der Waals surface area contributed by atoms with E-state index in [0.29, 0.717) is 36.8 Å². The average molecular weight is 397 g/mol. The number of carbonyl (C=O) groups is 1. The fourth-order valence-electron chi connectivity index (χ4n) is 3.56. The molecule has 1 aromatic carbocycles. The highest BCUT2D eigenvalue weighted by Gasteiger charge is 2.24. The summed E-state index contributed by atoms with van der Waals surface area (Å²) < 4.78 is 1.97. The van der Waals surface area contributed by atoms with Crippen molar-refractivity contribution in [3.63, 3.8) is 0 Å². The van der Waals surface area contributed by atoms with Crippen LogP contribution >= 0.6 is 0 Å². The third kappa shape index (κ3) is 3.39. The van der Waals surface area contributed by atoms with Gasteiger partial charge in [0.2, 0.25) is 0 Å². The third-order valence-corrected chi connectivity index (χ3v) is 5.02. The Labute approximate surface area is 173 Å². The summed E-state index contributed by atoms with van der Waals surface area (Å²) in [4.78, 5) is 30.0. The number of nitrogens with zero attached hydrogens (tertiary/aromatic N) is 5. The Morgan fingerprint density at radius 1 is 1.07 bits per heavy atom. The molecule has 0 spiro atoms. The predicted octanol–water partition coefficient (Wildman–Crippen LogP) is 2.62. The third-order valence-electron chi connectivity index (χ3n) is 5.02. The van der Waals surface area contributed by atoms with E-state index in [9.17, 15) is 4.79 Å². The second kappa shape index (κ2) is 7.75. The maximum atomic E-state index is 12.4. The molecule has 3 aromatic heterocycles. The quantitative estimate of drug-likeness (QED) is 0.537. The van der Waals surface area contributed by atoms with E-state index in [1.165, 1.54) is 0 Å². The van der Waals surface area contributed by atoms with Gasteiger partial charge in [0, 0.05) is 49.0 Å². The summed E-state index contributed by atoms with van der Waals surface area (Å²) >= 11 is 0. The molecule has 8 heteroatoms. The standard InChI is InChI=1S/C22H19N7O/c30-22-19-17(7-9-25-22)21(28-20(27-19)16-5-3-8-23-12-16)26-13-15-4-1-2-6-18(15)29-11-10-24-14-29/h1-6,8,10-12,14H,7,9,13H2,(H,25,30)(H,26,27,28). The molecule has 5 rings (SSSR count). The minimum Gasteiger partial charge on any atom is -0.366 e. The monoisotopic (exact) mass is 397 g/mol.